The number of methoxy groups -OCH3 is 1. The van der Waals surface area contributed by atoms with Crippen LogP contribution in [-0.2, 0) is 4.79 Å². The number of nitrogens with one attached hydrogen (secondary N) is 1. The molecule has 2 rings (SSSR count). The molecule has 1 aromatic heterocycles. The molecule has 1 aromatic carbocycles. The van der Waals surface area contributed by atoms with E-state index < -0.39 is 0 Å². The van der Waals surface area contributed by atoms with Crippen molar-refractivity contribution in [2.75, 3.05) is 18.2 Å². The average molecular weight is 363 g/mol. The van der Waals surface area contributed by atoms with Crippen LogP contribution in [0.25, 0.3) is 0 Å². The van der Waals surface area contributed by atoms with Crippen molar-refractivity contribution in [3.05, 3.63) is 40.3 Å². The lowest BCUT2D eigenvalue weighted by atomic mass is 10.3. The number of benzene rings is 1. The monoisotopic (exact) mass is 362 g/mol. The van der Waals surface area contributed by atoms with Crippen LogP contribution < -0.4 is 10.1 Å². The van der Waals surface area contributed by atoms with E-state index in [4.69, 9.17) is 16.3 Å². The van der Waals surface area contributed by atoms with E-state index in [9.17, 15) is 10.1 Å². The fourth-order valence-corrected chi connectivity index (χ4v) is 3.12. The summed E-state index contributed by atoms with van der Waals surface area (Å²) in [5.74, 6) is 0.999. The van der Waals surface area contributed by atoms with Crippen LogP contribution >= 0.6 is 23.4 Å². The number of nitriles is 1. The second-order valence-electron chi connectivity index (χ2n) is 4.83. The largest absolute Gasteiger partial charge is 0.495 e. The summed E-state index contributed by atoms with van der Waals surface area (Å²) in [5.41, 5.74) is 1.57. The van der Waals surface area contributed by atoms with Gasteiger partial charge in [0.15, 0.2) is 0 Å². The molecule has 6 nitrogen and oxygen atoms in total. The maximum absolute atomic E-state index is 12.1. The molecule has 24 heavy (non-hydrogen) atoms. The fourth-order valence-electron chi connectivity index (χ4n) is 1.99. The van der Waals surface area contributed by atoms with Gasteiger partial charge in [-0.1, -0.05) is 23.4 Å². The predicted molar refractivity (Wildman–Crippen MR) is 93.6 cm³/mol. The van der Waals surface area contributed by atoms with Crippen LogP contribution in [0, 0.1) is 25.2 Å². The van der Waals surface area contributed by atoms with Gasteiger partial charge in [0, 0.05) is 5.69 Å². The van der Waals surface area contributed by atoms with Crippen LogP contribution in [0.4, 0.5) is 5.69 Å². The molecular formula is C16H15ClN4O2S. The fraction of sp³-hybridized carbons (Fsp3) is 0.250. The van der Waals surface area contributed by atoms with Crippen molar-refractivity contribution >= 4 is 35.0 Å². The minimum Gasteiger partial charge on any atom is -0.495 e. The summed E-state index contributed by atoms with van der Waals surface area (Å²) < 4.78 is 5.06. The number of hydrogen-bond acceptors (Lipinski definition) is 6. The summed E-state index contributed by atoms with van der Waals surface area (Å²) in [5, 5.41) is 12.9. The summed E-state index contributed by atoms with van der Waals surface area (Å²) in [6.45, 7) is 3.49. The molecule has 1 heterocycles. The third-order valence-corrected chi connectivity index (χ3v) is 4.33. The third kappa shape index (κ3) is 4.37. The van der Waals surface area contributed by atoms with Crippen LogP contribution in [0.3, 0.4) is 0 Å². The summed E-state index contributed by atoms with van der Waals surface area (Å²) in [7, 11) is 1.52. The molecule has 0 radical (unpaired) electrons. The number of aromatic nitrogens is 2. The Balaban J connectivity index is 2.04. The van der Waals surface area contributed by atoms with E-state index in [0.717, 1.165) is 0 Å². The van der Waals surface area contributed by atoms with Gasteiger partial charge in [-0.05, 0) is 32.0 Å². The minimum absolute atomic E-state index is 0.119. The third-order valence-electron chi connectivity index (χ3n) is 3.06. The van der Waals surface area contributed by atoms with E-state index in [1.165, 1.54) is 18.9 Å². The van der Waals surface area contributed by atoms with Gasteiger partial charge in [0.05, 0.1) is 23.6 Å². The molecule has 0 unspecified atom stereocenters. The van der Waals surface area contributed by atoms with Crippen molar-refractivity contribution in [2.24, 2.45) is 0 Å². The zero-order chi connectivity index (χ0) is 17.7. The highest BCUT2D eigenvalue weighted by Gasteiger charge is 2.13. The number of rotatable bonds is 5. The maximum Gasteiger partial charge on any atom is 0.234 e. The highest BCUT2D eigenvalue weighted by Crippen LogP contribution is 2.27. The van der Waals surface area contributed by atoms with E-state index >= 15 is 0 Å². The van der Waals surface area contributed by atoms with Crippen molar-refractivity contribution in [1.29, 1.82) is 5.26 Å². The Bertz CT molecular complexity index is 820. The molecule has 0 saturated heterocycles. The summed E-state index contributed by atoms with van der Waals surface area (Å²) >= 11 is 7.22. The number of carbonyl (C=O) groups excluding carboxylic acids is 1. The Kier molecular flexibility index (Phi) is 6.01. The molecule has 8 heteroatoms. The Hall–Kier alpha value is -2.30. The lowest BCUT2D eigenvalue weighted by molar-refractivity contribution is -0.113. The number of nitrogens with zero attached hydrogens (tertiary/aromatic N) is 3. The van der Waals surface area contributed by atoms with Crippen LogP contribution in [0.2, 0.25) is 5.02 Å². The first kappa shape index (κ1) is 18.0. The SMILES string of the molecule is COc1ccc(NC(=O)CSc2nc(C)nc(C)c2C#N)cc1Cl. The number of anilines is 1. The van der Waals surface area contributed by atoms with Gasteiger partial charge < -0.3 is 10.1 Å². The first-order valence-corrected chi connectivity index (χ1v) is 8.32. The second-order valence-corrected chi connectivity index (χ2v) is 6.21. The zero-order valence-electron chi connectivity index (χ0n) is 13.4. The van der Waals surface area contributed by atoms with Crippen LogP contribution in [0.1, 0.15) is 17.1 Å². The topological polar surface area (TPSA) is 87.9 Å². The molecule has 0 fully saturated rings. The van der Waals surface area contributed by atoms with E-state index in [1.54, 1.807) is 32.0 Å². The Morgan fingerprint density at radius 3 is 2.79 bits per heavy atom. The number of halogens is 1. The predicted octanol–water partition coefficient (Wildman–Crippen LogP) is 3.36. The number of amides is 1. The molecule has 0 saturated carbocycles. The minimum atomic E-state index is -0.223. The van der Waals surface area contributed by atoms with Gasteiger partial charge in [-0.2, -0.15) is 5.26 Å². The summed E-state index contributed by atoms with van der Waals surface area (Å²) in [4.78, 5) is 20.5. The molecule has 0 aliphatic heterocycles. The van der Waals surface area contributed by atoms with Crippen molar-refractivity contribution in [2.45, 2.75) is 18.9 Å². The molecule has 1 amide bonds. The molecular weight excluding hydrogens is 348 g/mol. The molecule has 0 bridgehead atoms. The lowest BCUT2D eigenvalue weighted by Crippen LogP contribution is -2.14. The van der Waals surface area contributed by atoms with Crippen LogP contribution in [0.5, 0.6) is 5.75 Å². The number of carbonyl (C=O) groups is 1. The van der Waals surface area contributed by atoms with Gasteiger partial charge >= 0.3 is 0 Å². The first-order chi connectivity index (χ1) is 11.4. The molecule has 0 aliphatic carbocycles. The number of ether oxygens (including phenoxy) is 1. The molecule has 124 valence electrons. The van der Waals surface area contributed by atoms with Crippen molar-refractivity contribution in [3.63, 3.8) is 0 Å². The molecule has 0 atom stereocenters. The second kappa shape index (κ2) is 7.99. The van der Waals surface area contributed by atoms with Gasteiger partial charge in [-0.15, -0.1) is 0 Å². The Morgan fingerprint density at radius 1 is 1.42 bits per heavy atom. The quantitative estimate of drug-likeness (QED) is 0.648. The van der Waals surface area contributed by atoms with Gasteiger partial charge in [0.25, 0.3) is 0 Å². The van der Waals surface area contributed by atoms with Crippen molar-refractivity contribution in [1.82, 2.24) is 9.97 Å². The molecule has 1 N–H and O–H groups in total. The van der Waals surface area contributed by atoms with E-state index in [-0.39, 0.29) is 11.7 Å². The maximum atomic E-state index is 12.1. The Labute approximate surface area is 149 Å². The Morgan fingerprint density at radius 2 is 2.17 bits per heavy atom. The van der Waals surface area contributed by atoms with Gasteiger partial charge in [0.1, 0.15) is 28.2 Å². The highest BCUT2D eigenvalue weighted by molar-refractivity contribution is 8.00. The molecule has 2 aromatic rings. The molecule has 0 spiro atoms. The lowest BCUT2D eigenvalue weighted by Gasteiger charge is -2.09. The summed E-state index contributed by atoms with van der Waals surface area (Å²) in [6, 6.07) is 7.07. The van der Waals surface area contributed by atoms with Crippen molar-refractivity contribution < 1.29 is 9.53 Å². The van der Waals surface area contributed by atoms with Gasteiger partial charge in [-0.3, -0.25) is 4.79 Å². The van der Waals surface area contributed by atoms with Crippen LogP contribution in [-0.4, -0.2) is 28.7 Å². The number of aryl methyl sites for hydroxylation is 2. The van der Waals surface area contributed by atoms with Gasteiger partial charge in [-0.25, -0.2) is 9.97 Å². The van der Waals surface area contributed by atoms with E-state index in [2.05, 4.69) is 21.4 Å². The normalized spacial score (nSPS) is 10.1. The van der Waals surface area contributed by atoms with Gasteiger partial charge in [0.2, 0.25) is 5.91 Å². The smallest absolute Gasteiger partial charge is 0.234 e. The summed E-state index contributed by atoms with van der Waals surface area (Å²) in [6.07, 6.45) is 0. The standard InChI is InChI=1S/C16H15ClN4O2S/c1-9-12(7-18)16(20-10(2)19-9)24-8-15(22)21-11-4-5-14(23-3)13(17)6-11/h4-6H,8H2,1-3H3,(H,21,22). The van der Waals surface area contributed by atoms with E-state index in [0.29, 0.717) is 38.6 Å². The highest BCUT2D eigenvalue weighted by atomic mass is 35.5. The number of thioether (sulfide) groups is 1. The molecule has 0 aliphatic rings. The zero-order valence-corrected chi connectivity index (χ0v) is 15.0. The van der Waals surface area contributed by atoms with Crippen LogP contribution in [0.15, 0.2) is 23.2 Å². The van der Waals surface area contributed by atoms with Crippen molar-refractivity contribution in [3.8, 4) is 11.8 Å². The average Bonchev–Trinajstić information content (AvgIpc) is 2.52. The number of hydrogen-bond donors (Lipinski definition) is 1. The van der Waals surface area contributed by atoms with E-state index in [1.807, 2.05) is 0 Å². The first-order valence-electron chi connectivity index (χ1n) is 6.96.